The Morgan fingerprint density at radius 3 is 2.81 bits per heavy atom. The van der Waals surface area contributed by atoms with Crippen LogP contribution in [0, 0.1) is 22.1 Å². The van der Waals surface area contributed by atoms with Gasteiger partial charge in [-0.25, -0.2) is 4.39 Å². The van der Waals surface area contributed by atoms with Gasteiger partial charge in [0.1, 0.15) is 23.5 Å². The number of hydrogen-bond acceptors (Lipinski definition) is 6. The molecule has 156 valence electrons. The fourth-order valence-corrected chi connectivity index (χ4v) is 3.20. The van der Waals surface area contributed by atoms with Crippen molar-refractivity contribution in [3.8, 4) is 11.4 Å². The second kappa shape index (κ2) is 7.08. The Morgan fingerprint density at radius 2 is 2.10 bits per heavy atom. The molecule has 2 N–H and O–H groups in total. The molecule has 5 rings (SSSR count). The zero-order chi connectivity index (χ0) is 21.6. The first kappa shape index (κ1) is 19.0. The van der Waals surface area contributed by atoms with Gasteiger partial charge in [0.25, 0.3) is 5.90 Å². The van der Waals surface area contributed by atoms with Crippen LogP contribution in [0.4, 0.5) is 4.39 Å². The Morgan fingerprint density at radius 1 is 1.29 bits per heavy atom. The van der Waals surface area contributed by atoms with Crippen molar-refractivity contribution >= 4 is 23.5 Å². The molecule has 0 unspecified atom stereocenters. The van der Waals surface area contributed by atoms with Crippen molar-refractivity contribution in [1.82, 2.24) is 14.9 Å². The van der Waals surface area contributed by atoms with Gasteiger partial charge in [0.05, 0.1) is 12.2 Å². The molecule has 0 radical (unpaired) electrons. The summed E-state index contributed by atoms with van der Waals surface area (Å²) in [4.78, 5) is 8.26. The highest BCUT2D eigenvalue weighted by atomic mass is 19.1. The third-order valence-corrected chi connectivity index (χ3v) is 5.34. The first-order chi connectivity index (χ1) is 14.9. The predicted octanol–water partition coefficient (Wildman–Crippen LogP) is 3.66. The number of benzene rings is 1. The molecule has 10 heteroatoms. The maximum atomic E-state index is 14.2. The molecule has 3 heterocycles. The van der Waals surface area contributed by atoms with E-state index in [9.17, 15) is 4.39 Å². The minimum atomic E-state index is -0.355. The minimum Gasteiger partial charge on any atom is -0.420 e. The molecule has 1 aliphatic heterocycles. The zero-order valence-electron chi connectivity index (χ0n) is 16.6. The van der Waals surface area contributed by atoms with E-state index in [1.807, 2.05) is 6.92 Å². The molecule has 1 aromatic carbocycles. The Balaban J connectivity index is 1.45. The number of ether oxygens (including phenoxy) is 1. The first-order valence-corrected chi connectivity index (χ1v) is 9.68. The standard InChI is InChI=1S/C21H18FN7O2/c1-21(7-8-21)20-26-18(24)19(31-20)25-17(23)15-10-16(14-6-9-30-28-14)29(27-15)11-12-4-2-3-5-13(12)22/h2-6,9-10,23-24H,7-8,11H2,1H3/b23-17?,24-18?,25-19+. The molecule has 0 bridgehead atoms. The van der Waals surface area contributed by atoms with Gasteiger partial charge in [-0.2, -0.15) is 15.1 Å². The van der Waals surface area contributed by atoms with Crippen LogP contribution >= 0.6 is 0 Å². The molecule has 2 aliphatic rings. The van der Waals surface area contributed by atoms with E-state index in [0.29, 0.717) is 22.8 Å². The Bertz CT molecular complexity index is 1250. The zero-order valence-corrected chi connectivity index (χ0v) is 16.6. The van der Waals surface area contributed by atoms with Gasteiger partial charge in [-0.15, -0.1) is 0 Å². The maximum absolute atomic E-state index is 14.2. The van der Waals surface area contributed by atoms with E-state index in [0.717, 1.165) is 12.8 Å². The van der Waals surface area contributed by atoms with Crippen molar-refractivity contribution < 1.29 is 13.7 Å². The molecule has 2 aromatic heterocycles. The summed E-state index contributed by atoms with van der Waals surface area (Å²) in [5.74, 6) is -0.228. The monoisotopic (exact) mass is 419 g/mol. The maximum Gasteiger partial charge on any atom is 0.268 e. The van der Waals surface area contributed by atoms with E-state index < -0.39 is 0 Å². The van der Waals surface area contributed by atoms with Gasteiger partial charge in [0, 0.05) is 17.0 Å². The molecule has 1 aliphatic carbocycles. The van der Waals surface area contributed by atoms with Crippen molar-refractivity contribution in [2.24, 2.45) is 15.4 Å². The third kappa shape index (κ3) is 3.56. The van der Waals surface area contributed by atoms with E-state index in [1.54, 1.807) is 30.3 Å². The molecule has 9 nitrogen and oxygen atoms in total. The second-order valence-electron chi connectivity index (χ2n) is 7.74. The lowest BCUT2D eigenvalue weighted by Gasteiger charge is -2.06. The molecule has 1 fully saturated rings. The highest BCUT2D eigenvalue weighted by Gasteiger charge is 2.47. The van der Waals surface area contributed by atoms with Crippen molar-refractivity contribution in [3.63, 3.8) is 0 Å². The van der Waals surface area contributed by atoms with Crippen LogP contribution in [0.25, 0.3) is 11.4 Å². The number of aliphatic imine (C=N–C) groups is 2. The molecule has 31 heavy (non-hydrogen) atoms. The summed E-state index contributed by atoms with van der Waals surface area (Å²) in [6.07, 6.45) is 3.32. The highest BCUT2D eigenvalue weighted by Crippen LogP contribution is 2.47. The van der Waals surface area contributed by atoms with Gasteiger partial charge in [-0.1, -0.05) is 30.3 Å². The topological polar surface area (TPSA) is 126 Å². The van der Waals surface area contributed by atoms with Crippen molar-refractivity contribution in [2.45, 2.75) is 26.3 Å². The lowest BCUT2D eigenvalue weighted by molar-refractivity contribution is 0.421. The van der Waals surface area contributed by atoms with E-state index in [4.69, 9.17) is 20.1 Å². The average Bonchev–Trinajstić information content (AvgIpc) is 3.13. The van der Waals surface area contributed by atoms with Gasteiger partial charge < -0.3 is 9.26 Å². The van der Waals surface area contributed by atoms with Crippen molar-refractivity contribution in [1.29, 1.82) is 10.8 Å². The average molecular weight is 419 g/mol. The number of halogens is 1. The van der Waals surface area contributed by atoms with Crippen LogP contribution in [0.5, 0.6) is 0 Å². The molecule has 3 aromatic rings. The van der Waals surface area contributed by atoms with Crippen molar-refractivity contribution in [2.75, 3.05) is 0 Å². The molecule has 1 saturated carbocycles. The van der Waals surface area contributed by atoms with Gasteiger partial charge in [-0.3, -0.25) is 15.5 Å². The third-order valence-electron chi connectivity index (χ3n) is 5.34. The summed E-state index contributed by atoms with van der Waals surface area (Å²) in [6.45, 7) is 2.15. The van der Waals surface area contributed by atoms with Gasteiger partial charge in [0.15, 0.2) is 5.84 Å². The number of aromatic nitrogens is 3. The van der Waals surface area contributed by atoms with Crippen LogP contribution < -0.4 is 0 Å². The molecule has 0 atom stereocenters. The van der Waals surface area contributed by atoms with Crippen LogP contribution in [-0.4, -0.2) is 38.4 Å². The number of amidine groups is 2. The quantitative estimate of drug-likeness (QED) is 0.483. The van der Waals surface area contributed by atoms with Crippen LogP contribution in [0.1, 0.15) is 31.0 Å². The summed E-state index contributed by atoms with van der Waals surface area (Å²) in [7, 11) is 0. The highest BCUT2D eigenvalue weighted by molar-refractivity contribution is 6.45. The molecular weight excluding hydrogens is 401 g/mol. The lowest BCUT2D eigenvalue weighted by atomic mass is 10.1. The van der Waals surface area contributed by atoms with Gasteiger partial charge >= 0.3 is 0 Å². The largest absolute Gasteiger partial charge is 0.420 e. The fourth-order valence-electron chi connectivity index (χ4n) is 3.20. The van der Waals surface area contributed by atoms with E-state index in [-0.39, 0.29) is 41.0 Å². The van der Waals surface area contributed by atoms with Crippen LogP contribution in [0.3, 0.4) is 0 Å². The van der Waals surface area contributed by atoms with Crippen LogP contribution in [-0.2, 0) is 11.3 Å². The Kier molecular flexibility index (Phi) is 4.35. The van der Waals surface area contributed by atoms with E-state index >= 15 is 0 Å². The summed E-state index contributed by atoms with van der Waals surface area (Å²) in [6, 6.07) is 9.68. The number of rotatable bonds is 5. The number of hydrogen-bond donors (Lipinski definition) is 2. The van der Waals surface area contributed by atoms with E-state index in [2.05, 4.69) is 20.2 Å². The molecule has 0 amide bonds. The normalized spacial score (nSPS) is 18.2. The molecular formula is C21H18FN7O2. The van der Waals surface area contributed by atoms with Crippen LogP contribution in [0.15, 0.2) is 57.2 Å². The predicted molar refractivity (Wildman–Crippen MR) is 111 cm³/mol. The smallest absolute Gasteiger partial charge is 0.268 e. The molecule has 0 spiro atoms. The lowest BCUT2D eigenvalue weighted by Crippen LogP contribution is -2.16. The SMILES string of the molecule is CC1(C2=NC(=N)/C(=N\C(=N)c3cc(-c4ccon4)n(Cc4ccccc4F)n3)O2)CC1. The Labute approximate surface area is 176 Å². The van der Waals surface area contributed by atoms with Gasteiger partial charge in [-0.05, 0) is 25.0 Å². The second-order valence-corrected chi connectivity index (χ2v) is 7.74. The summed E-state index contributed by atoms with van der Waals surface area (Å²) < 4.78 is 26.3. The minimum absolute atomic E-state index is 0.0280. The van der Waals surface area contributed by atoms with Gasteiger partial charge in [0.2, 0.25) is 11.7 Å². The van der Waals surface area contributed by atoms with Crippen molar-refractivity contribution in [3.05, 3.63) is 59.7 Å². The number of nitrogens with one attached hydrogen (secondary N) is 2. The Hall–Kier alpha value is -3.95. The first-order valence-electron chi connectivity index (χ1n) is 9.68. The summed E-state index contributed by atoms with van der Waals surface area (Å²) in [5, 5.41) is 24.7. The number of nitrogens with zero attached hydrogens (tertiary/aromatic N) is 5. The van der Waals surface area contributed by atoms with E-state index in [1.165, 1.54) is 17.0 Å². The summed E-state index contributed by atoms with van der Waals surface area (Å²) >= 11 is 0. The molecule has 0 saturated heterocycles. The fraction of sp³-hybridized carbons (Fsp3) is 0.238. The summed E-state index contributed by atoms with van der Waals surface area (Å²) in [5.41, 5.74) is 1.56. The van der Waals surface area contributed by atoms with Crippen LogP contribution in [0.2, 0.25) is 0 Å².